The second kappa shape index (κ2) is 7.31. The maximum Gasteiger partial charge on any atom is 0.387 e. The van der Waals surface area contributed by atoms with Crippen LogP contribution in [0, 0.1) is 0 Å². The van der Waals surface area contributed by atoms with E-state index in [-0.39, 0.29) is 10.8 Å². The zero-order valence-electron chi connectivity index (χ0n) is 14.4. The predicted octanol–water partition coefficient (Wildman–Crippen LogP) is 4.74. The Balaban J connectivity index is 1.48. The molecule has 0 N–H and O–H groups in total. The summed E-state index contributed by atoms with van der Waals surface area (Å²) in [5.41, 5.74) is 1.82. The van der Waals surface area contributed by atoms with Crippen molar-refractivity contribution in [2.45, 2.75) is 50.6 Å². The molecule has 3 aliphatic rings. The smallest absolute Gasteiger partial charge is 0.387 e. The first-order valence-electron chi connectivity index (χ1n) is 9.11. The second-order valence-electron chi connectivity index (χ2n) is 7.29. The van der Waals surface area contributed by atoms with Crippen LogP contribution in [0.25, 0.3) is 6.08 Å². The van der Waals surface area contributed by atoms with Gasteiger partial charge in [-0.2, -0.15) is 8.78 Å². The zero-order valence-corrected chi connectivity index (χ0v) is 15.1. The maximum atomic E-state index is 13.1. The fraction of sp³-hybridized carbons (Fsp3) is 0.579. The van der Waals surface area contributed by atoms with Crippen molar-refractivity contribution >= 4 is 23.4 Å². The van der Waals surface area contributed by atoms with E-state index in [4.69, 9.17) is 11.6 Å². The van der Waals surface area contributed by atoms with Crippen molar-refractivity contribution in [3.63, 3.8) is 0 Å². The van der Waals surface area contributed by atoms with E-state index in [9.17, 15) is 13.2 Å². The molecule has 0 aromatic heterocycles. The van der Waals surface area contributed by atoms with Crippen molar-refractivity contribution in [3.05, 3.63) is 28.8 Å². The molecule has 1 aliphatic carbocycles. The topological polar surface area (TPSA) is 15.7 Å². The van der Waals surface area contributed by atoms with Crippen LogP contribution in [0.4, 0.5) is 18.9 Å². The first kappa shape index (κ1) is 18.0. The van der Waals surface area contributed by atoms with Crippen LogP contribution in [0.1, 0.15) is 31.2 Å². The zero-order chi connectivity index (χ0) is 18.3. The molecule has 0 bridgehead atoms. The average molecular weight is 387 g/mol. The van der Waals surface area contributed by atoms with Crippen LogP contribution in [0.3, 0.4) is 0 Å². The number of hydrogen-bond acceptors (Lipinski definition) is 3. The molecule has 7 heteroatoms. The number of anilines is 1. The van der Waals surface area contributed by atoms with Crippen molar-refractivity contribution in [1.82, 2.24) is 4.90 Å². The van der Waals surface area contributed by atoms with Gasteiger partial charge in [-0.3, -0.25) is 4.90 Å². The number of fused-ring (bicyclic) bond motifs is 1. The van der Waals surface area contributed by atoms with Gasteiger partial charge in [-0.1, -0.05) is 23.8 Å². The van der Waals surface area contributed by atoms with Crippen molar-refractivity contribution in [3.8, 4) is 5.75 Å². The molecule has 4 rings (SSSR count). The first-order valence-corrected chi connectivity index (χ1v) is 9.48. The third-order valence-electron chi connectivity index (χ3n) is 5.69. The summed E-state index contributed by atoms with van der Waals surface area (Å²) in [5.74, 6) is 0.0176. The van der Waals surface area contributed by atoms with Crippen molar-refractivity contribution in [2.24, 2.45) is 0 Å². The van der Waals surface area contributed by atoms with E-state index < -0.39 is 12.8 Å². The molecule has 0 amide bonds. The molecule has 1 saturated carbocycles. The van der Waals surface area contributed by atoms with Gasteiger partial charge in [-0.25, -0.2) is 4.39 Å². The average Bonchev–Trinajstić information content (AvgIpc) is 2.59. The Morgan fingerprint density at radius 2 is 1.77 bits per heavy atom. The first-order chi connectivity index (χ1) is 12.5. The molecule has 0 radical (unpaired) electrons. The lowest BCUT2D eigenvalue weighted by atomic mass is 9.87. The van der Waals surface area contributed by atoms with Crippen LogP contribution in [0.5, 0.6) is 5.75 Å². The minimum absolute atomic E-state index is 0.0176. The Morgan fingerprint density at radius 3 is 2.42 bits per heavy atom. The molecule has 1 aromatic rings. The van der Waals surface area contributed by atoms with Crippen LogP contribution >= 0.6 is 11.6 Å². The van der Waals surface area contributed by atoms with Gasteiger partial charge < -0.3 is 9.64 Å². The van der Waals surface area contributed by atoms with Crippen molar-refractivity contribution in [1.29, 1.82) is 0 Å². The van der Waals surface area contributed by atoms with Gasteiger partial charge in [0.05, 0.1) is 5.02 Å². The highest BCUT2D eigenvalue weighted by molar-refractivity contribution is 6.32. The van der Waals surface area contributed by atoms with Crippen LogP contribution in [-0.4, -0.2) is 49.4 Å². The molecule has 2 heterocycles. The van der Waals surface area contributed by atoms with E-state index in [1.165, 1.54) is 0 Å². The van der Waals surface area contributed by atoms with Gasteiger partial charge in [0.1, 0.15) is 11.9 Å². The molecule has 1 saturated heterocycles. The quantitative estimate of drug-likeness (QED) is 0.743. The number of alkyl halides is 3. The summed E-state index contributed by atoms with van der Waals surface area (Å²) in [6.07, 6.45) is 7.49. The number of hydrogen-bond donors (Lipinski definition) is 0. The predicted molar refractivity (Wildman–Crippen MR) is 97.0 cm³/mol. The Kier molecular flexibility index (Phi) is 5.06. The van der Waals surface area contributed by atoms with Gasteiger partial charge in [-0.05, 0) is 37.3 Å². The summed E-state index contributed by atoms with van der Waals surface area (Å²) < 4.78 is 42.9. The molecule has 142 valence electrons. The van der Waals surface area contributed by atoms with E-state index in [0.717, 1.165) is 43.5 Å². The molecule has 0 atom stereocenters. The van der Waals surface area contributed by atoms with Crippen molar-refractivity contribution < 1.29 is 17.9 Å². The highest BCUT2D eigenvalue weighted by Gasteiger charge is 2.36. The number of likely N-dealkylation sites (tertiary alicyclic amines) is 1. The molecule has 3 nitrogen and oxygen atoms in total. The molecular formula is C19H22ClF3N2O. The maximum absolute atomic E-state index is 13.1. The largest absolute Gasteiger partial charge is 0.433 e. The molecule has 2 aliphatic heterocycles. The van der Waals surface area contributed by atoms with Crippen LogP contribution in [-0.2, 0) is 0 Å². The Bertz CT molecular complexity index is 686. The van der Waals surface area contributed by atoms with Crippen LogP contribution in [0.2, 0.25) is 5.02 Å². The minimum Gasteiger partial charge on any atom is -0.433 e. The van der Waals surface area contributed by atoms with Gasteiger partial charge in [-0.15, -0.1) is 0 Å². The molecular weight excluding hydrogens is 365 g/mol. The van der Waals surface area contributed by atoms with Gasteiger partial charge in [0, 0.05) is 43.5 Å². The van der Waals surface area contributed by atoms with E-state index in [2.05, 4.69) is 20.6 Å². The number of halogens is 4. The standard InChI is InChI=1S/C19H22ClF3N2O/c20-16-8-12-2-1-7-25(17(12)9-18(16)26-19(22)23)15-5-3-14(4-6-15)24-10-13(21)11-24/h1-2,8-9,13-15,19H,3-7,10-11H2. The number of nitrogens with zero attached hydrogens (tertiary/aromatic N) is 2. The number of rotatable bonds is 4. The highest BCUT2D eigenvalue weighted by atomic mass is 35.5. The summed E-state index contributed by atoms with van der Waals surface area (Å²) in [6.45, 7) is -1.02. The van der Waals surface area contributed by atoms with Crippen molar-refractivity contribution in [2.75, 3.05) is 24.5 Å². The van der Waals surface area contributed by atoms with Gasteiger partial charge in [0.15, 0.2) is 0 Å². The fourth-order valence-corrected chi connectivity index (χ4v) is 4.57. The monoisotopic (exact) mass is 386 g/mol. The summed E-state index contributed by atoms with van der Waals surface area (Å²) >= 11 is 6.08. The third-order valence-corrected chi connectivity index (χ3v) is 5.99. The SMILES string of the molecule is FC1CN(C2CCC(N3CC=Cc4cc(Cl)c(OC(F)F)cc43)CC2)C1. The highest BCUT2D eigenvalue weighted by Crippen LogP contribution is 2.40. The Hall–Kier alpha value is -1.40. The molecule has 0 unspecified atom stereocenters. The summed E-state index contributed by atoms with van der Waals surface area (Å²) in [5, 5.41) is 0.192. The summed E-state index contributed by atoms with van der Waals surface area (Å²) in [4.78, 5) is 4.49. The summed E-state index contributed by atoms with van der Waals surface area (Å²) in [7, 11) is 0. The van der Waals surface area contributed by atoms with E-state index >= 15 is 0 Å². The number of ether oxygens (including phenoxy) is 1. The molecule has 2 fully saturated rings. The van der Waals surface area contributed by atoms with Crippen LogP contribution in [0.15, 0.2) is 18.2 Å². The van der Waals surface area contributed by atoms with Gasteiger partial charge in [0.25, 0.3) is 0 Å². The summed E-state index contributed by atoms with van der Waals surface area (Å²) in [6, 6.07) is 4.13. The van der Waals surface area contributed by atoms with Gasteiger partial charge >= 0.3 is 6.61 Å². The normalized spacial score (nSPS) is 26.7. The van der Waals surface area contributed by atoms with Crippen LogP contribution < -0.4 is 9.64 Å². The van der Waals surface area contributed by atoms with E-state index in [1.807, 2.05) is 6.08 Å². The fourth-order valence-electron chi connectivity index (χ4n) is 4.35. The third kappa shape index (κ3) is 3.54. The number of benzene rings is 1. The lowest BCUT2D eigenvalue weighted by Crippen LogP contribution is -2.55. The van der Waals surface area contributed by atoms with E-state index in [1.54, 1.807) is 12.1 Å². The minimum atomic E-state index is -2.90. The molecule has 1 aromatic carbocycles. The van der Waals surface area contributed by atoms with Gasteiger partial charge in [0.2, 0.25) is 0 Å². The second-order valence-corrected chi connectivity index (χ2v) is 7.70. The van der Waals surface area contributed by atoms with E-state index in [0.29, 0.717) is 25.2 Å². The lowest BCUT2D eigenvalue weighted by Gasteiger charge is -2.46. The lowest BCUT2D eigenvalue weighted by molar-refractivity contribution is -0.0497. The Morgan fingerprint density at radius 1 is 1.08 bits per heavy atom. The molecule has 0 spiro atoms. The molecule has 26 heavy (non-hydrogen) atoms. The Labute approximate surface area is 156 Å².